The molecule has 2 rings (SSSR count). The van der Waals surface area contributed by atoms with Gasteiger partial charge >= 0.3 is 0 Å². The van der Waals surface area contributed by atoms with E-state index in [-0.39, 0.29) is 5.71 Å². The van der Waals surface area contributed by atoms with Gasteiger partial charge in [-0.05, 0) is 6.07 Å². The van der Waals surface area contributed by atoms with Crippen molar-refractivity contribution < 1.29 is 15.1 Å². The number of benzene rings is 1. The summed E-state index contributed by atoms with van der Waals surface area (Å²) in [6, 6.07) is 6.94. The zero-order valence-corrected chi connectivity index (χ0v) is 8.08. The number of hydrogen-bond acceptors (Lipinski definition) is 4. The summed E-state index contributed by atoms with van der Waals surface area (Å²) in [6.45, 7) is 0. The fourth-order valence-corrected chi connectivity index (χ4v) is 1.67. The van der Waals surface area contributed by atoms with Crippen LogP contribution in [0.3, 0.4) is 0 Å². The molecule has 0 spiro atoms. The van der Waals surface area contributed by atoms with Gasteiger partial charge in [-0.15, -0.1) is 0 Å². The summed E-state index contributed by atoms with van der Waals surface area (Å²) in [4.78, 5) is 12.9. The predicted octanol–water partition coefficient (Wildman–Crippen LogP) is 0.527. The molecule has 1 amide bonds. The maximum absolute atomic E-state index is 11.6. The van der Waals surface area contributed by atoms with E-state index in [1.165, 1.54) is 4.90 Å². The van der Waals surface area contributed by atoms with Gasteiger partial charge in [0.1, 0.15) is 6.10 Å². The van der Waals surface area contributed by atoms with Gasteiger partial charge in [-0.3, -0.25) is 4.79 Å². The Hall–Kier alpha value is -1.88. The number of aliphatic hydroxyl groups is 1. The van der Waals surface area contributed by atoms with Crippen LogP contribution in [0.1, 0.15) is 11.7 Å². The van der Waals surface area contributed by atoms with E-state index in [1.54, 1.807) is 31.3 Å². The van der Waals surface area contributed by atoms with Gasteiger partial charge < -0.3 is 15.2 Å². The second-order valence-corrected chi connectivity index (χ2v) is 3.31. The van der Waals surface area contributed by atoms with Crippen molar-refractivity contribution in [3.8, 4) is 0 Å². The van der Waals surface area contributed by atoms with E-state index >= 15 is 0 Å². The summed E-state index contributed by atoms with van der Waals surface area (Å²) in [5.41, 5.74) is 0.936. The smallest absolute Gasteiger partial charge is 0.278 e. The Morgan fingerprint density at radius 1 is 1.40 bits per heavy atom. The van der Waals surface area contributed by atoms with Crippen molar-refractivity contribution in [1.82, 2.24) is 0 Å². The Kier molecular flexibility index (Phi) is 2.17. The van der Waals surface area contributed by atoms with Crippen molar-refractivity contribution in [3.63, 3.8) is 0 Å². The zero-order chi connectivity index (χ0) is 11.0. The number of amides is 1. The van der Waals surface area contributed by atoms with Crippen molar-refractivity contribution in [1.29, 1.82) is 0 Å². The molecule has 5 nitrogen and oxygen atoms in total. The van der Waals surface area contributed by atoms with Gasteiger partial charge in [-0.1, -0.05) is 23.4 Å². The summed E-state index contributed by atoms with van der Waals surface area (Å²) < 4.78 is 0. The van der Waals surface area contributed by atoms with Crippen molar-refractivity contribution in [2.24, 2.45) is 5.16 Å². The monoisotopic (exact) mass is 206 g/mol. The van der Waals surface area contributed by atoms with Gasteiger partial charge in [-0.2, -0.15) is 0 Å². The molecule has 2 N–H and O–H groups in total. The van der Waals surface area contributed by atoms with E-state index in [9.17, 15) is 9.90 Å². The van der Waals surface area contributed by atoms with Crippen LogP contribution < -0.4 is 4.90 Å². The van der Waals surface area contributed by atoms with E-state index in [1.807, 2.05) is 0 Å². The summed E-state index contributed by atoms with van der Waals surface area (Å²) in [7, 11) is 1.57. The summed E-state index contributed by atoms with van der Waals surface area (Å²) in [5, 5.41) is 21.3. The Bertz CT molecular complexity index is 442. The summed E-state index contributed by atoms with van der Waals surface area (Å²) in [6.07, 6.45) is -1.16. The lowest BCUT2D eigenvalue weighted by molar-refractivity contribution is -0.113. The molecule has 5 heteroatoms. The Balaban J connectivity index is 2.62. The van der Waals surface area contributed by atoms with Crippen LogP contribution in [-0.2, 0) is 4.79 Å². The predicted molar refractivity (Wildman–Crippen MR) is 54.0 cm³/mol. The molecule has 15 heavy (non-hydrogen) atoms. The quantitative estimate of drug-likeness (QED) is 0.480. The largest absolute Gasteiger partial charge is 0.410 e. The fraction of sp³-hybridized carbons (Fsp3) is 0.200. The standard InChI is InChI=1S/C10H10N2O3/c1-12-7-5-3-2-4-6(7)9(13)8(11-15)10(12)14/h2-5,9,13,15H,1H3. The summed E-state index contributed by atoms with van der Waals surface area (Å²) in [5.74, 6) is -0.497. The fourth-order valence-electron chi connectivity index (χ4n) is 1.67. The number of oxime groups is 1. The molecule has 0 saturated heterocycles. The molecular weight excluding hydrogens is 196 g/mol. The number of para-hydroxylation sites is 1. The van der Waals surface area contributed by atoms with Crippen LogP contribution in [0.5, 0.6) is 0 Å². The normalized spacial score (nSPS) is 23.1. The maximum atomic E-state index is 11.6. The molecule has 0 saturated carbocycles. The molecule has 0 fully saturated rings. The van der Waals surface area contributed by atoms with E-state index in [0.29, 0.717) is 11.3 Å². The van der Waals surface area contributed by atoms with Gasteiger partial charge in [0.05, 0.1) is 0 Å². The highest BCUT2D eigenvalue weighted by Gasteiger charge is 2.34. The minimum absolute atomic E-state index is 0.254. The van der Waals surface area contributed by atoms with Crippen LogP contribution >= 0.6 is 0 Å². The average molecular weight is 206 g/mol. The van der Waals surface area contributed by atoms with Crippen LogP contribution in [0.15, 0.2) is 29.4 Å². The molecule has 1 aliphatic heterocycles. The highest BCUT2D eigenvalue weighted by atomic mass is 16.4. The second-order valence-electron chi connectivity index (χ2n) is 3.31. The third-order valence-corrected chi connectivity index (χ3v) is 2.48. The highest BCUT2D eigenvalue weighted by molar-refractivity contribution is 6.46. The lowest BCUT2D eigenvalue weighted by Crippen LogP contribution is -2.41. The molecular formula is C10H10N2O3. The molecule has 1 unspecified atom stereocenters. The molecule has 1 aliphatic rings. The number of anilines is 1. The number of nitrogens with zero attached hydrogens (tertiary/aromatic N) is 2. The van der Waals surface area contributed by atoms with Crippen molar-refractivity contribution >= 4 is 17.3 Å². The highest BCUT2D eigenvalue weighted by Crippen LogP contribution is 2.31. The Labute approximate surface area is 86.2 Å². The lowest BCUT2D eigenvalue weighted by Gasteiger charge is -2.29. The molecule has 0 bridgehead atoms. The first-order chi connectivity index (χ1) is 7.16. The first kappa shape index (κ1) is 9.67. The molecule has 1 atom stereocenters. The Morgan fingerprint density at radius 2 is 2.07 bits per heavy atom. The molecule has 78 valence electrons. The molecule has 0 aliphatic carbocycles. The molecule has 1 heterocycles. The van der Waals surface area contributed by atoms with Crippen molar-refractivity contribution in [2.45, 2.75) is 6.10 Å². The molecule has 0 aromatic heterocycles. The molecule has 1 aromatic carbocycles. The molecule has 1 aromatic rings. The van der Waals surface area contributed by atoms with E-state index in [4.69, 9.17) is 5.21 Å². The van der Waals surface area contributed by atoms with Crippen LogP contribution in [0.4, 0.5) is 5.69 Å². The third-order valence-electron chi connectivity index (χ3n) is 2.48. The lowest BCUT2D eigenvalue weighted by atomic mass is 9.97. The number of aliphatic hydroxyl groups excluding tert-OH is 1. The third kappa shape index (κ3) is 1.28. The minimum Gasteiger partial charge on any atom is -0.410 e. The SMILES string of the molecule is CN1C(=O)C(=NO)C(O)c2ccccc21. The summed E-state index contributed by atoms with van der Waals surface area (Å²) >= 11 is 0. The Morgan fingerprint density at radius 3 is 2.73 bits per heavy atom. The van der Waals surface area contributed by atoms with Crippen LogP contribution in [0.25, 0.3) is 0 Å². The number of carbonyl (C=O) groups excluding carboxylic acids is 1. The van der Waals surface area contributed by atoms with E-state index < -0.39 is 12.0 Å². The average Bonchev–Trinajstić information content (AvgIpc) is 2.27. The first-order valence-electron chi connectivity index (χ1n) is 4.44. The van der Waals surface area contributed by atoms with E-state index in [0.717, 1.165) is 0 Å². The van der Waals surface area contributed by atoms with Gasteiger partial charge in [0.2, 0.25) is 0 Å². The van der Waals surface area contributed by atoms with Crippen LogP contribution in [0, 0.1) is 0 Å². The molecule has 0 radical (unpaired) electrons. The van der Waals surface area contributed by atoms with Crippen LogP contribution in [-0.4, -0.2) is 29.0 Å². The second kappa shape index (κ2) is 3.36. The van der Waals surface area contributed by atoms with Gasteiger partial charge in [-0.25, -0.2) is 0 Å². The number of hydrogen-bond donors (Lipinski definition) is 2. The van der Waals surface area contributed by atoms with E-state index in [2.05, 4.69) is 5.16 Å². The van der Waals surface area contributed by atoms with Gasteiger partial charge in [0, 0.05) is 18.3 Å². The van der Waals surface area contributed by atoms with Crippen LogP contribution in [0.2, 0.25) is 0 Å². The number of carbonyl (C=O) groups is 1. The number of fused-ring (bicyclic) bond motifs is 1. The van der Waals surface area contributed by atoms with Gasteiger partial charge in [0.25, 0.3) is 5.91 Å². The zero-order valence-electron chi connectivity index (χ0n) is 8.08. The minimum atomic E-state index is -1.16. The van der Waals surface area contributed by atoms with Crippen molar-refractivity contribution in [2.75, 3.05) is 11.9 Å². The first-order valence-corrected chi connectivity index (χ1v) is 4.44. The van der Waals surface area contributed by atoms with Gasteiger partial charge in [0.15, 0.2) is 5.71 Å². The topological polar surface area (TPSA) is 73.1 Å². The maximum Gasteiger partial charge on any atom is 0.278 e. The van der Waals surface area contributed by atoms with Crippen molar-refractivity contribution in [3.05, 3.63) is 29.8 Å². The number of rotatable bonds is 0.